The molecule has 15 heavy (non-hydrogen) atoms. The number of likely N-dealkylation sites (tertiary alicyclic amines) is 1. The first-order valence-corrected chi connectivity index (χ1v) is 5.77. The predicted octanol–water partition coefficient (Wildman–Crippen LogP) is 1.63. The van der Waals surface area contributed by atoms with E-state index in [2.05, 4.69) is 5.16 Å². The number of piperidine rings is 1. The van der Waals surface area contributed by atoms with E-state index in [0.717, 1.165) is 38.1 Å². The highest BCUT2D eigenvalue weighted by Gasteiger charge is 2.25. The summed E-state index contributed by atoms with van der Waals surface area (Å²) in [6.45, 7) is 1.45. The number of carbonyl (C=O) groups excluding carboxylic acids is 1. The van der Waals surface area contributed by atoms with Crippen LogP contribution in [0.15, 0.2) is 5.16 Å². The number of oxime groups is 1. The SMILES string of the molecule is O=C(CC1CCC1)N1CCC(=NO)CC1. The molecular formula is C11H18N2O2. The number of rotatable bonds is 2. The molecule has 1 heterocycles. The highest BCUT2D eigenvalue weighted by Crippen LogP contribution is 2.30. The van der Waals surface area contributed by atoms with E-state index in [9.17, 15) is 4.79 Å². The van der Waals surface area contributed by atoms with Gasteiger partial charge in [-0.15, -0.1) is 0 Å². The van der Waals surface area contributed by atoms with Gasteiger partial charge in [0.15, 0.2) is 0 Å². The normalized spacial score (nSPS) is 22.4. The molecule has 2 fully saturated rings. The van der Waals surface area contributed by atoms with Crippen molar-refractivity contribution in [2.24, 2.45) is 11.1 Å². The monoisotopic (exact) mass is 210 g/mol. The van der Waals surface area contributed by atoms with Crippen molar-refractivity contribution in [2.75, 3.05) is 13.1 Å². The van der Waals surface area contributed by atoms with Crippen molar-refractivity contribution in [1.82, 2.24) is 4.90 Å². The van der Waals surface area contributed by atoms with Crippen molar-refractivity contribution >= 4 is 11.6 Å². The molecule has 1 aliphatic heterocycles. The third kappa shape index (κ3) is 2.49. The minimum absolute atomic E-state index is 0.289. The Bertz CT molecular complexity index is 262. The fourth-order valence-corrected chi connectivity index (χ4v) is 2.19. The maximum absolute atomic E-state index is 11.8. The van der Waals surface area contributed by atoms with Gasteiger partial charge in [0.25, 0.3) is 0 Å². The van der Waals surface area contributed by atoms with Crippen LogP contribution in [0.1, 0.15) is 38.5 Å². The second-order valence-corrected chi connectivity index (χ2v) is 4.55. The van der Waals surface area contributed by atoms with Gasteiger partial charge >= 0.3 is 0 Å². The molecule has 0 spiro atoms. The zero-order valence-corrected chi connectivity index (χ0v) is 8.98. The Labute approximate surface area is 89.9 Å². The molecule has 0 aromatic carbocycles. The van der Waals surface area contributed by atoms with E-state index >= 15 is 0 Å². The quantitative estimate of drug-likeness (QED) is 0.556. The summed E-state index contributed by atoms with van der Waals surface area (Å²) < 4.78 is 0. The molecule has 0 radical (unpaired) electrons. The molecule has 4 nitrogen and oxygen atoms in total. The summed E-state index contributed by atoms with van der Waals surface area (Å²) in [5, 5.41) is 11.8. The molecule has 2 aliphatic rings. The molecule has 0 aromatic rings. The van der Waals surface area contributed by atoms with Crippen molar-refractivity contribution in [2.45, 2.75) is 38.5 Å². The van der Waals surface area contributed by atoms with E-state index in [1.807, 2.05) is 4.90 Å². The topological polar surface area (TPSA) is 52.9 Å². The Morgan fingerprint density at radius 2 is 2.07 bits per heavy atom. The largest absolute Gasteiger partial charge is 0.411 e. The van der Waals surface area contributed by atoms with Gasteiger partial charge in [0.2, 0.25) is 5.91 Å². The lowest BCUT2D eigenvalue weighted by Gasteiger charge is -2.31. The predicted molar refractivity (Wildman–Crippen MR) is 57.0 cm³/mol. The van der Waals surface area contributed by atoms with Crippen molar-refractivity contribution in [3.63, 3.8) is 0 Å². The third-order valence-electron chi connectivity index (χ3n) is 3.52. The molecule has 1 amide bonds. The summed E-state index contributed by atoms with van der Waals surface area (Å²) in [5.74, 6) is 0.932. The van der Waals surface area contributed by atoms with E-state index in [4.69, 9.17) is 5.21 Å². The molecule has 84 valence electrons. The fourth-order valence-electron chi connectivity index (χ4n) is 2.19. The van der Waals surface area contributed by atoms with Crippen LogP contribution in [0, 0.1) is 5.92 Å². The minimum Gasteiger partial charge on any atom is -0.411 e. The Hall–Kier alpha value is -1.06. The Kier molecular flexibility index (Phi) is 3.23. The zero-order chi connectivity index (χ0) is 10.7. The molecule has 1 saturated carbocycles. The van der Waals surface area contributed by atoms with Crippen LogP contribution >= 0.6 is 0 Å². The van der Waals surface area contributed by atoms with Crippen molar-refractivity contribution in [3.05, 3.63) is 0 Å². The molecular weight excluding hydrogens is 192 g/mol. The average molecular weight is 210 g/mol. The Morgan fingerprint density at radius 1 is 1.40 bits per heavy atom. The Balaban J connectivity index is 1.76. The lowest BCUT2D eigenvalue weighted by Crippen LogP contribution is -2.39. The molecule has 1 N–H and O–H groups in total. The van der Waals surface area contributed by atoms with Gasteiger partial charge in [-0.05, 0) is 18.8 Å². The van der Waals surface area contributed by atoms with Crippen LogP contribution in [-0.2, 0) is 4.79 Å². The van der Waals surface area contributed by atoms with Crippen LogP contribution in [0.5, 0.6) is 0 Å². The number of hydrogen-bond donors (Lipinski definition) is 1. The van der Waals surface area contributed by atoms with Crippen LogP contribution < -0.4 is 0 Å². The maximum atomic E-state index is 11.8. The zero-order valence-electron chi connectivity index (χ0n) is 8.98. The summed E-state index contributed by atoms with van der Waals surface area (Å²) in [5.41, 5.74) is 0.822. The van der Waals surface area contributed by atoms with E-state index < -0.39 is 0 Å². The first kappa shape index (κ1) is 10.5. The van der Waals surface area contributed by atoms with Gasteiger partial charge in [-0.1, -0.05) is 11.6 Å². The third-order valence-corrected chi connectivity index (χ3v) is 3.52. The molecule has 4 heteroatoms. The molecule has 0 unspecified atom stereocenters. The maximum Gasteiger partial charge on any atom is 0.222 e. The first-order chi connectivity index (χ1) is 7.29. The standard InChI is InChI=1S/C11H18N2O2/c14-11(8-9-2-1-3-9)13-6-4-10(12-15)5-7-13/h9,15H,1-8H2. The summed E-state index contributed by atoms with van der Waals surface area (Å²) in [7, 11) is 0. The number of nitrogens with zero attached hydrogens (tertiary/aromatic N) is 2. The smallest absolute Gasteiger partial charge is 0.222 e. The lowest BCUT2D eigenvalue weighted by molar-refractivity contribution is -0.133. The number of amides is 1. The molecule has 1 aliphatic carbocycles. The first-order valence-electron chi connectivity index (χ1n) is 5.77. The second kappa shape index (κ2) is 4.64. The summed E-state index contributed by atoms with van der Waals surface area (Å²) in [6, 6.07) is 0. The van der Waals surface area contributed by atoms with Crippen LogP contribution in [0.3, 0.4) is 0 Å². The molecule has 2 rings (SSSR count). The highest BCUT2D eigenvalue weighted by atomic mass is 16.4. The highest BCUT2D eigenvalue weighted by molar-refractivity contribution is 5.87. The molecule has 0 atom stereocenters. The van der Waals surface area contributed by atoms with Crippen LogP contribution in [-0.4, -0.2) is 34.8 Å². The lowest BCUT2D eigenvalue weighted by atomic mass is 9.82. The average Bonchev–Trinajstić information content (AvgIpc) is 2.23. The fraction of sp³-hybridized carbons (Fsp3) is 0.818. The van der Waals surface area contributed by atoms with Gasteiger partial charge in [-0.2, -0.15) is 0 Å². The van der Waals surface area contributed by atoms with Crippen molar-refractivity contribution in [1.29, 1.82) is 0 Å². The minimum atomic E-state index is 0.289. The van der Waals surface area contributed by atoms with Gasteiger partial charge in [-0.25, -0.2) is 0 Å². The van der Waals surface area contributed by atoms with E-state index in [1.165, 1.54) is 19.3 Å². The van der Waals surface area contributed by atoms with Crippen molar-refractivity contribution in [3.8, 4) is 0 Å². The van der Waals surface area contributed by atoms with E-state index in [1.54, 1.807) is 0 Å². The van der Waals surface area contributed by atoms with Crippen LogP contribution in [0.4, 0.5) is 0 Å². The van der Waals surface area contributed by atoms with E-state index in [0.29, 0.717) is 5.92 Å². The van der Waals surface area contributed by atoms with Gasteiger partial charge in [0, 0.05) is 32.4 Å². The van der Waals surface area contributed by atoms with Crippen molar-refractivity contribution < 1.29 is 10.0 Å². The number of hydrogen-bond acceptors (Lipinski definition) is 3. The van der Waals surface area contributed by atoms with Crippen LogP contribution in [0.2, 0.25) is 0 Å². The summed E-state index contributed by atoms with van der Waals surface area (Å²) in [4.78, 5) is 13.7. The second-order valence-electron chi connectivity index (χ2n) is 4.55. The summed E-state index contributed by atoms with van der Waals surface area (Å²) in [6.07, 6.45) is 5.93. The van der Waals surface area contributed by atoms with Gasteiger partial charge < -0.3 is 10.1 Å². The molecule has 1 saturated heterocycles. The summed E-state index contributed by atoms with van der Waals surface area (Å²) >= 11 is 0. The number of carbonyl (C=O) groups is 1. The van der Waals surface area contributed by atoms with Gasteiger partial charge in [0.1, 0.15) is 0 Å². The van der Waals surface area contributed by atoms with Gasteiger partial charge in [0.05, 0.1) is 5.71 Å². The molecule has 0 bridgehead atoms. The molecule has 0 aromatic heterocycles. The Morgan fingerprint density at radius 3 is 2.53 bits per heavy atom. The van der Waals surface area contributed by atoms with Crippen LogP contribution in [0.25, 0.3) is 0 Å². The van der Waals surface area contributed by atoms with Gasteiger partial charge in [-0.3, -0.25) is 4.79 Å². The van der Waals surface area contributed by atoms with E-state index in [-0.39, 0.29) is 5.91 Å².